The number of carboxylic acid groups (broad SMARTS) is 1. The molecule has 0 radical (unpaired) electrons. The molecule has 342 valence electrons. The normalized spacial score (nSPS) is 52.3. The largest absolute Gasteiger partial charge is 0.479 e. The molecule has 6 saturated heterocycles. The monoisotopic (exact) mass is 868 g/mol. The lowest BCUT2D eigenvalue weighted by atomic mass is 9.98. The molecule has 0 aromatic heterocycles. The lowest BCUT2D eigenvalue weighted by molar-refractivity contribution is -0.388. The van der Waals surface area contributed by atoms with E-state index in [1.54, 1.807) is 0 Å². The van der Waals surface area contributed by atoms with Gasteiger partial charge in [-0.05, 0) is 0 Å². The molecule has 0 aromatic carbocycles. The maximum Gasteiger partial charge on any atom is 0.335 e. The number of aliphatic hydroxyl groups is 13. The number of carboxylic acids is 1. The summed E-state index contributed by atoms with van der Waals surface area (Å²) in [4.78, 5) is 12.0. The minimum atomic E-state index is -2.06. The smallest absolute Gasteiger partial charge is 0.335 e. The van der Waals surface area contributed by atoms with Crippen LogP contribution in [0.2, 0.25) is 0 Å². The number of aliphatic carboxylic acids is 1. The summed E-state index contributed by atoms with van der Waals surface area (Å²) in [5.41, 5.74) is 0. The van der Waals surface area contributed by atoms with Gasteiger partial charge in [0.1, 0.15) is 110 Å². The van der Waals surface area contributed by atoms with Crippen LogP contribution in [0, 0.1) is 0 Å². The molecule has 27 nitrogen and oxygen atoms in total. The Kier molecular flexibility index (Phi) is 15.8. The first kappa shape index (κ1) is 47.0. The van der Waals surface area contributed by atoms with Gasteiger partial charge >= 0.3 is 5.97 Å². The molecule has 0 saturated carbocycles. The number of rotatable bonds is 13. The van der Waals surface area contributed by atoms with Crippen molar-refractivity contribution in [2.45, 2.75) is 154 Å². The van der Waals surface area contributed by atoms with Gasteiger partial charge in [0.15, 0.2) is 43.8 Å². The first-order chi connectivity index (χ1) is 28.0. The summed E-state index contributed by atoms with van der Waals surface area (Å²) in [7, 11) is 1.05. The molecule has 6 rings (SSSR count). The van der Waals surface area contributed by atoms with E-state index in [0.29, 0.717) is 0 Å². The van der Waals surface area contributed by atoms with Crippen LogP contribution in [0.15, 0.2) is 0 Å². The molecule has 0 aliphatic carbocycles. The van der Waals surface area contributed by atoms with E-state index in [2.05, 4.69) is 0 Å². The summed E-state index contributed by atoms with van der Waals surface area (Å²) >= 11 is 0. The van der Waals surface area contributed by atoms with E-state index in [-0.39, 0.29) is 0 Å². The SMILES string of the molecule is CO[C@H]1[C@H](O)[C@@H](O)[C@@H](O[C@H]2[C@H](O[C@@H]3CO[C@@H](O[C@@H]4CO[C@@H](O)[C@H](O)[C@H]4O)[C@H](O)[C@H]3O[C@@H]3O[C@@H](CO)[C@H](O)[C@H]3O)OC[C@@H](O[C@@H]3OC[C@@H](O)[C@H](O)[C@H]3O)[C@@H]2O)O[C@@H]1C(=O)O. The molecule has 6 aliphatic heterocycles. The van der Waals surface area contributed by atoms with Gasteiger partial charge in [-0.25, -0.2) is 4.79 Å². The Hall–Kier alpha value is -1.53. The van der Waals surface area contributed by atoms with Gasteiger partial charge in [-0.15, -0.1) is 0 Å². The molecule has 0 aromatic rings. The second kappa shape index (κ2) is 19.9. The van der Waals surface area contributed by atoms with E-state index >= 15 is 0 Å². The molecule has 6 aliphatic rings. The molecule has 0 amide bonds. The topological polar surface area (TPSA) is 411 Å². The Labute approximate surface area is 333 Å². The Bertz CT molecular complexity index is 1350. The molecule has 25 atom stereocenters. The Morgan fingerprint density at radius 3 is 1.66 bits per heavy atom. The summed E-state index contributed by atoms with van der Waals surface area (Å²) in [6.45, 7) is -2.98. The first-order valence-electron chi connectivity index (χ1n) is 18.5. The fraction of sp³-hybridized carbons (Fsp3) is 0.969. The molecule has 14 N–H and O–H groups in total. The van der Waals surface area contributed by atoms with Crippen molar-refractivity contribution in [1.82, 2.24) is 0 Å². The number of carbonyl (C=O) groups is 1. The lowest BCUT2D eigenvalue weighted by Gasteiger charge is -2.48. The number of ether oxygens (including phenoxy) is 12. The molecule has 59 heavy (non-hydrogen) atoms. The predicted molar refractivity (Wildman–Crippen MR) is 174 cm³/mol. The lowest BCUT2D eigenvalue weighted by Crippen LogP contribution is -2.66. The van der Waals surface area contributed by atoms with Crippen molar-refractivity contribution < 1.29 is 133 Å². The standard InChI is InChI=1S/C32H52O27/c1-48-23-16(39)20(43)31(59-25(23)26(45)46)58-24-15(38)10(55-28-18(41)12(35)7(34)3-50-28)5-52-32(24)56-11-6-51-29(54-9-4-49-27(47)17(40)14(9)37)21(44)22(11)57-30-19(42)13(36)8(2-33)53-30/h7-25,27-44,47H,2-6H2,1H3,(H,45,46)/t7-,8+,9-,10-,11-,12+,13+,14+,15+,16-,17-,18-,19-,20-,21-,22+,23+,24-,25+,27-,28+,29+,30+,31+,32+/m1/s1. The van der Waals surface area contributed by atoms with Crippen molar-refractivity contribution in [3.63, 3.8) is 0 Å². The van der Waals surface area contributed by atoms with Gasteiger partial charge in [0.05, 0.1) is 33.0 Å². The zero-order valence-electron chi connectivity index (χ0n) is 31.0. The van der Waals surface area contributed by atoms with Gasteiger partial charge in [-0.1, -0.05) is 0 Å². The summed E-state index contributed by atoms with van der Waals surface area (Å²) in [5, 5.41) is 146. The highest BCUT2D eigenvalue weighted by Crippen LogP contribution is 2.35. The van der Waals surface area contributed by atoms with Crippen LogP contribution in [-0.4, -0.2) is 271 Å². The fourth-order valence-electron chi connectivity index (χ4n) is 7.31. The van der Waals surface area contributed by atoms with Crippen molar-refractivity contribution in [2.75, 3.05) is 40.1 Å². The zero-order chi connectivity index (χ0) is 43.0. The third-order valence-electron chi connectivity index (χ3n) is 10.8. The molecule has 0 spiro atoms. The maximum atomic E-state index is 12.0. The average Bonchev–Trinajstić information content (AvgIpc) is 3.48. The van der Waals surface area contributed by atoms with Gasteiger partial charge in [0.25, 0.3) is 0 Å². The highest BCUT2D eigenvalue weighted by atomic mass is 16.8. The van der Waals surface area contributed by atoms with Crippen molar-refractivity contribution in [2.24, 2.45) is 0 Å². The first-order valence-corrected chi connectivity index (χ1v) is 18.5. The summed E-state index contributed by atoms with van der Waals surface area (Å²) < 4.78 is 66.8. The van der Waals surface area contributed by atoms with Crippen LogP contribution < -0.4 is 0 Å². The van der Waals surface area contributed by atoms with Gasteiger partial charge in [0, 0.05) is 7.11 Å². The van der Waals surface area contributed by atoms with Crippen LogP contribution in [0.5, 0.6) is 0 Å². The minimum Gasteiger partial charge on any atom is -0.479 e. The molecule has 0 bridgehead atoms. The third kappa shape index (κ3) is 9.84. The number of hydrogen-bond donors (Lipinski definition) is 14. The second-order valence-corrected chi connectivity index (χ2v) is 14.7. The van der Waals surface area contributed by atoms with Crippen LogP contribution in [0.25, 0.3) is 0 Å². The van der Waals surface area contributed by atoms with Crippen LogP contribution >= 0.6 is 0 Å². The van der Waals surface area contributed by atoms with E-state index < -0.39 is 193 Å². The summed E-state index contributed by atoms with van der Waals surface area (Å²) in [5.74, 6) is -1.64. The van der Waals surface area contributed by atoms with Crippen LogP contribution in [0.1, 0.15) is 0 Å². The quantitative estimate of drug-likeness (QED) is 0.0817. The van der Waals surface area contributed by atoms with Gasteiger partial charge in [0.2, 0.25) is 0 Å². The summed E-state index contributed by atoms with van der Waals surface area (Å²) in [6.07, 6.45) is -43.8. The van der Waals surface area contributed by atoms with E-state index in [0.717, 1.165) is 7.11 Å². The molecule has 0 unspecified atom stereocenters. The van der Waals surface area contributed by atoms with E-state index in [9.17, 15) is 76.3 Å². The van der Waals surface area contributed by atoms with Crippen LogP contribution in [-0.2, 0) is 61.6 Å². The molecule has 6 heterocycles. The Balaban J connectivity index is 1.25. The number of methoxy groups -OCH3 is 1. The van der Waals surface area contributed by atoms with Gasteiger partial charge in [-0.2, -0.15) is 0 Å². The maximum absolute atomic E-state index is 12.0. The van der Waals surface area contributed by atoms with E-state index in [4.69, 9.17) is 56.8 Å². The fourth-order valence-corrected chi connectivity index (χ4v) is 7.31. The van der Waals surface area contributed by atoms with Crippen LogP contribution in [0.3, 0.4) is 0 Å². The number of aliphatic hydroxyl groups excluding tert-OH is 13. The summed E-state index contributed by atoms with van der Waals surface area (Å²) in [6, 6.07) is 0. The van der Waals surface area contributed by atoms with Gasteiger partial charge in [-0.3, -0.25) is 0 Å². The molecular weight excluding hydrogens is 816 g/mol. The van der Waals surface area contributed by atoms with Crippen molar-refractivity contribution >= 4 is 5.97 Å². The van der Waals surface area contributed by atoms with E-state index in [1.165, 1.54) is 0 Å². The molecule has 27 heteroatoms. The second-order valence-electron chi connectivity index (χ2n) is 14.7. The highest BCUT2D eigenvalue weighted by molar-refractivity contribution is 5.73. The van der Waals surface area contributed by atoms with Gasteiger partial charge < -0.3 is 128 Å². The van der Waals surface area contributed by atoms with Crippen molar-refractivity contribution in [3.05, 3.63) is 0 Å². The predicted octanol–water partition coefficient (Wildman–Crippen LogP) is -10.2. The average molecular weight is 869 g/mol. The highest BCUT2D eigenvalue weighted by Gasteiger charge is 2.56. The molecule has 6 fully saturated rings. The molecular formula is C32H52O27. The van der Waals surface area contributed by atoms with Crippen molar-refractivity contribution in [3.8, 4) is 0 Å². The number of hydrogen-bond acceptors (Lipinski definition) is 26. The van der Waals surface area contributed by atoms with Crippen LogP contribution in [0.4, 0.5) is 0 Å². The Morgan fingerprint density at radius 1 is 0.492 bits per heavy atom. The van der Waals surface area contributed by atoms with Crippen molar-refractivity contribution in [1.29, 1.82) is 0 Å². The third-order valence-corrected chi connectivity index (χ3v) is 10.8. The van der Waals surface area contributed by atoms with E-state index in [1.807, 2.05) is 0 Å². The minimum absolute atomic E-state index is 0.484. The Morgan fingerprint density at radius 2 is 1.02 bits per heavy atom. The zero-order valence-corrected chi connectivity index (χ0v) is 31.0.